The van der Waals surface area contributed by atoms with Crippen molar-refractivity contribution in [3.8, 4) is 16.9 Å². The van der Waals surface area contributed by atoms with Crippen molar-refractivity contribution in [1.82, 2.24) is 4.98 Å². The molecule has 2 rings (SSSR count). The molecule has 0 aliphatic carbocycles. The number of aromatic nitrogens is 1. The van der Waals surface area contributed by atoms with Crippen LogP contribution in [0.4, 0.5) is 13.2 Å². The van der Waals surface area contributed by atoms with Gasteiger partial charge in [0.15, 0.2) is 0 Å². The highest BCUT2D eigenvalue weighted by molar-refractivity contribution is 5.85. The third kappa shape index (κ3) is 5.08. The highest BCUT2D eigenvalue weighted by Gasteiger charge is 2.32. The Morgan fingerprint density at radius 1 is 1.05 bits per heavy atom. The van der Waals surface area contributed by atoms with E-state index in [-0.39, 0.29) is 37.1 Å². The third-order valence-corrected chi connectivity index (χ3v) is 2.53. The van der Waals surface area contributed by atoms with Crippen LogP contribution >= 0.6 is 24.8 Å². The monoisotopic (exact) mass is 340 g/mol. The van der Waals surface area contributed by atoms with Crippen molar-refractivity contribution in [2.45, 2.75) is 12.9 Å². The second-order valence-corrected chi connectivity index (χ2v) is 3.78. The van der Waals surface area contributed by atoms with Gasteiger partial charge < -0.3 is 10.5 Å². The zero-order chi connectivity index (χ0) is 13.9. The van der Waals surface area contributed by atoms with Crippen LogP contribution in [-0.2, 0) is 6.54 Å². The summed E-state index contributed by atoms with van der Waals surface area (Å²) in [6, 6.07) is 7.57. The maximum Gasteiger partial charge on any atom is 0.573 e. The van der Waals surface area contributed by atoms with Crippen molar-refractivity contribution in [3.63, 3.8) is 0 Å². The molecule has 0 aliphatic rings. The van der Waals surface area contributed by atoms with E-state index in [9.17, 15) is 13.2 Å². The Morgan fingerprint density at radius 3 is 2.33 bits per heavy atom. The summed E-state index contributed by atoms with van der Waals surface area (Å²) in [4.78, 5) is 3.91. The number of pyridine rings is 1. The zero-order valence-electron chi connectivity index (χ0n) is 10.6. The number of para-hydroxylation sites is 1. The molecule has 1 heterocycles. The molecular weight excluding hydrogens is 328 g/mol. The molecule has 116 valence electrons. The fourth-order valence-corrected chi connectivity index (χ4v) is 1.75. The minimum absolute atomic E-state index is 0. The van der Waals surface area contributed by atoms with Crippen molar-refractivity contribution in [1.29, 1.82) is 0 Å². The molecule has 0 fully saturated rings. The second-order valence-electron chi connectivity index (χ2n) is 3.78. The first-order valence-electron chi connectivity index (χ1n) is 5.49. The Hall–Kier alpha value is -1.50. The van der Waals surface area contributed by atoms with Crippen molar-refractivity contribution < 1.29 is 17.9 Å². The summed E-state index contributed by atoms with van der Waals surface area (Å²) in [5.41, 5.74) is 7.12. The SMILES string of the molecule is Cl.Cl.NCc1ccncc1-c1ccccc1OC(F)(F)F. The molecule has 0 saturated heterocycles. The summed E-state index contributed by atoms with van der Waals surface area (Å²) in [7, 11) is 0. The van der Waals surface area contributed by atoms with Crippen LogP contribution in [0.5, 0.6) is 5.75 Å². The van der Waals surface area contributed by atoms with Gasteiger partial charge in [-0.05, 0) is 17.7 Å². The first-order chi connectivity index (χ1) is 9.01. The van der Waals surface area contributed by atoms with E-state index in [1.165, 1.54) is 24.4 Å². The lowest BCUT2D eigenvalue weighted by Crippen LogP contribution is -2.17. The van der Waals surface area contributed by atoms with Crippen LogP contribution in [0, 0.1) is 0 Å². The van der Waals surface area contributed by atoms with Crippen LogP contribution in [0.1, 0.15) is 5.56 Å². The fourth-order valence-electron chi connectivity index (χ4n) is 1.75. The molecule has 3 nitrogen and oxygen atoms in total. The first-order valence-corrected chi connectivity index (χ1v) is 5.49. The number of hydrogen-bond donors (Lipinski definition) is 1. The number of nitrogens with zero attached hydrogens (tertiary/aromatic N) is 1. The minimum Gasteiger partial charge on any atom is -0.405 e. The second kappa shape index (κ2) is 8.07. The minimum atomic E-state index is -4.73. The first kappa shape index (κ1) is 19.5. The highest BCUT2D eigenvalue weighted by atomic mass is 35.5. The van der Waals surface area contributed by atoms with E-state index >= 15 is 0 Å². The van der Waals surface area contributed by atoms with E-state index in [4.69, 9.17) is 5.73 Å². The Morgan fingerprint density at radius 2 is 1.71 bits per heavy atom. The topological polar surface area (TPSA) is 48.1 Å². The summed E-state index contributed by atoms with van der Waals surface area (Å²) in [6.45, 7) is 0.207. The molecule has 2 aromatic rings. The lowest BCUT2D eigenvalue weighted by atomic mass is 10.0. The molecule has 8 heteroatoms. The van der Waals surface area contributed by atoms with Crippen molar-refractivity contribution in [3.05, 3.63) is 48.3 Å². The number of alkyl halides is 3. The van der Waals surface area contributed by atoms with Crippen LogP contribution in [0.3, 0.4) is 0 Å². The molecule has 2 N–H and O–H groups in total. The van der Waals surface area contributed by atoms with Gasteiger partial charge in [0.1, 0.15) is 5.75 Å². The number of benzene rings is 1. The summed E-state index contributed by atoms with van der Waals surface area (Å²) in [6.07, 6.45) is -1.72. The van der Waals surface area contributed by atoms with Crippen LogP contribution in [0.15, 0.2) is 42.7 Å². The van der Waals surface area contributed by atoms with E-state index in [1.807, 2.05) is 0 Å². The van der Waals surface area contributed by atoms with Gasteiger partial charge in [-0.25, -0.2) is 0 Å². The molecule has 21 heavy (non-hydrogen) atoms. The van der Waals surface area contributed by atoms with Gasteiger partial charge in [-0.3, -0.25) is 4.98 Å². The van der Waals surface area contributed by atoms with Crippen molar-refractivity contribution in [2.75, 3.05) is 0 Å². The van der Waals surface area contributed by atoms with E-state index in [0.29, 0.717) is 16.7 Å². The van der Waals surface area contributed by atoms with E-state index in [1.54, 1.807) is 18.3 Å². The predicted molar refractivity (Wildman–Crippen MR) is 78.7 cm³/mol. The highest BCUT2D eigenvalue weighted by Crippen LogP contribution is 2.34. The number of halogens is 5. The Balaban J connectivity index is 0.00000200. The molecule has 0 amide bonds. The number of hydrogen-bond acceptors (Lipinski definition) is 3. The number of nitrogens with two attached hydrogens (primary N) is 1. The van der Waals surface area contributed by atoms with Gasteiger partial charge >= 0.3 is 6.36 Å². The molecule has 0 saturated carbocycles. The smallest absolute Gasteiger partial charge is 0.405 e. The molecular formula is C13H13Cl2F3N2O. The van der Waals surface area contributed by atoms with E-state index in [2.05, 4.69) is 9.72 Å². The summed E-state index contributed by atoms with van der Waals surface area (Å²) in [5.74, 6) is -0.266. The number of rotatable bonds is 3. The summed E-state index contributed by atoms with van der Waals surface area (Å²) < 4.78 is 41.1. The van der Waals surface area contributed by atoms with Crippen molar-refractivity contribution in [2.24, 2.45) is 5.73 Å². The van der Waals surface area contributed by atoms with Gasteiger partial charge in [0.25, 0.3) is 0 Å². The lowest BCUT2D eigenvalue weighted by Gasteiger charge is -2.14. The number of ether oxygens (including phenoxy) is 1. The maximum atomic E-state index is 12.4. The molecule has 0 spiro atoms. The quantitative estimate of drug-likeness (QED) is 0.920. The van der Waals surface area contributed by atoms with Gasteiger partial charge in [-0.2, -0.15) is 0 Å². The van der Waals surface area contributed by atoms with Gasteiger partial charge in [-0.15, -0.1) is 38.0 Å². The predicted octanol–water partition coefficient (Wildman–Crippen LogP) is 3.95. The molecule has 0 radical (unpaired) electrons. The largest absolute Gasteiger partial charge is 0.573 e. The average Bonchev–Trinajstić information content (AvgIpc) is 2.37. The molecule has 0 bridgehead atoms. The molecule has 0 atom stereocenters. The van der Waals surface area contributed by atoms with Crippen LogP contribution < -0.4 is 10.5 Å². The average molecular weight is 341 g/mol. The van der Waals surface area contributed by atoms with E-state index in [0.717, 1.165) is 0 Å². The Bertz CT molecular complexity index is 579. The van der Waals surface area contributed by atoms with Gasteiger partial charge in [-0.1, -0.05) is 18.2 Å². The molecule has 1 aromatic carbocycles. The molecule has 0 aliphatic heterocycles. The lowest BCUT2D eigenvalue weighted by molar-refractivity contribution is -0.274. The third-order valence-electron chi connectivity index (χ3n) is 2.53. The van der Waals surface area contributed by atoms with Crippen molar-refractivity contribution >= 4 is 24.8 Å². The molecule has 1 aromatic heterocycles. The summed E-state index contributed by atoms with van der Waals surface area (Å²) >= 11 is 0. The normalized spacial score (nSPS) is 10.3. The maximum absolute atomic E-state index is 12.4. The van der Waals surface area contributed by atoms with Gasteiger partial charge in [0.05, 0.1) is 0 Å². The Labute approximate surface area is 132 Å². The summed E-state index contributed by atoms with van der Waals surface area (Å²) in [5, 5.41) is 0. The van der Waals surface area contributed by atoms with Crippen LogP contribution in [-0.4, -0.2) is 11.3 Å². The van der Waals surface area contributed by atoms with Crippen LogP contribution in [0.2, 0.25) is 0 Å². The van der Waals surface area contributed by atoms with Gasteiger partial charge in [0, 0.05) is 30.1 Å². The van der Waals surface area contributed by atoms with E-state index < -0.39 is 6.36 Å². The standard InChI is InChI=1S/C13H11F3N2O.2ClH/c14-13(15,16)19-12-4-2-1-3-10(12)11-8-18-6-5-9(11)7-17;;/h1-6,8H,7,17H2;2*1H. The van der Waals surface area contributed by atoms with Crippen LogP contribution in [0.25, 0.3) is 11.1 Å². The zero-order valence-corrected chi connectivity index (χ0v) is 12.3. The van der Waals surface area contributed by atoms with Gasteiger partial charge in [0.2, 0.25) is 0 Å². The Kier molecular flexibility index (Phi) is 7.49. The molecule has 0 unspecified atom stereocenters. The fraction of sp³-hybridized carbons (Fsp3) is 0.154.